The van der Waals surface area contributed by atoms with Gasteiger partial charge in [-0.15, -0.1) is 0 Å². The predicted octanol–water partition coefficient (Wildman–Crippen LogP) is -0.420. The van der Waals surface area contributed by atoms with E-state index in [-0.39, 0.29) is 30.0 Å². The summed E-state index contributed by atoms with van der Waals surface area (Å²) in [5.74, 6) is 0.105. The predicted molar refractivity (Wildman–Crippen MR) is 96.5 cm³/mol. The number of carbonyl (C=O) groups is 3. The largest absolute Gasteiger partial charge is 0.483 e. The maximum atomic E-state index is 12.8. The second-order valence-corrected chi connectivity index (χ2v) is 7.13. The molecule has 10 heteroatoms. The first-order valence-electron chi connectivity index (χ1n) is 9.22. The number of hydrogen-bond acceptors (Lipinski definition) is 6. The van der Waals surface area contributed by atoms with Crippen molar-refractivity contribution in [3.05, 3.63) is 27.4 Å². The fourth-order valence-corrected chi connectivity index (χ4v) is 4.59. The molecule has 0 aromatic carbocycles. The summed E-state index contributed by atoms with van der Waals surface area (Å²) in [7, 11) is 0. The number of amides is 2. The molecule has 2 atom stereocenters. The standard InChI is InChI=1S/C17H22N4O4.CH2O2/c1-10-12(11(2)19-16(24)18-10)3-4-14(22)20-6-5-17-13(20)9-15(23)21(17)7-8-25-17;2-1-3/h13H,3-9H2,1-2H3,(H,18,19,24);1H,(H,2,3)/t13-,17+;/m1./s1. The average Bonchev–Trinajstić information content (AvgIpc) is 3.25. The lowest BCUT2D eigenvalue weighted by Crippen LogP contribution is -2.48. The average molecular weight is 392 g/mol. The van der Waals surface area contributed by atoms with Gasteiger partial charge in [-0.05, 0) is 25.8 Å². The van der Waals surface area contributed by atoms with Crippen LogP contribution in [0.3, 0.4) is 0 Å². The molecule has 152 valence electrons. The Kier molecular flexibility index (Phi) is 5.50. The van der Waals surface area contributed by atoms with Gasteiger partial charge in [-0.1, -0.05) is 0 Å². The van der Waals surface area contributed by atoms with Gasteiger partial charge in [0.25, 0.3) is 6.47 Å². The van der Waals surface area contributed by atoms with Crippen LogP contribution in [0.2, 0.25) is 0 Å². The lowest BCUT2D eigenvalue weighted by molar-refractivity contribution is -0.139. The third-order valence-electron chi connectivity index (χ3n) is 5.76. The number of H-pyrrole nitrogens is 1. The van der Waals surface area contributed by atoms with E-state index in [0.29, 0.717) is 51.1 Å². The molecule has 3 fully saturated rings. The molecule has 2 amide bonds. The first kappa shape index (κ1) is 20.0. The Morgan fingerprint density at radius 3 is 2.79 bits per heavy atom. The molecule has 0 bridgehead atoms. The molecule has 4 heterocycles. The molecule has 3 aliphatic heterocycles. The van der Waals surface area contributed by atoms with Gasteiger partial charge >= 0.3 is 5.69 Å². The van der Waals surface area contributed by atoms with Crippen LogP contribution in [0.15, 0.2) is 4.79 Å². The van der Waals surface area contributed by atoms with Gasteiger partial charge in [-0.2, -0.15) is 4.98 Å². The van der Waals surface area contributed by atoms with E-state index in [9.17, 15) is 14.4 Å². The molecule has 2 N–H and O–H groups in total. The summed E-state index contributed by atoms with van der Waals surface area (Å²) in [5.41, 5.74) is 1.37. The second kappa shape index (κ2) is 7.70. The minimum atomic E-state index is -0.585. The summed E-state index contributed by atoms with van der Waals surface area (Å²) < 4.78 is 5.91. The molecule has 1 spiro atoms. The van der Waals surface area contributed by atoms with Gasteiger partial charge in [0, 0.05) is 37.3 Å². The van der Waals surface area contributed by atoms with E-state index in [0.717, 1.165) is 11.3 Å². The Balaban J connectivity index is 0.000000706. The number of carboxylic acid groups (broad SMARTS) is 1. The minimum Gasteiger partial charge on any atom is -0.483 e. The number of ether oxygens (including phenoxy) is 1. The minimum absolute atomic E-state index is 0.0250. The van der Waals surface area contributed by atoms with Crippen molar-refractivity contribution < 1.29 is 24.2 Å². The lowest BCUT2D eigenvalue weighted by atomic mass is 10.0. The second-order valence-electron chi connectivity index (χ2n) is 7.13. The van der Waals surface area contributed by atoms with Crippen molar-refractivity contribution in [2.75, 3.05) is 19.7 Å². The van der Waals surface area contributed by atoms with Gasteiger partial charge in [-0.3, -0.25) is 14.4 Å². The molecule has 3 aliphatic rings. The molecular weight excluding hydrogens is 368 g/mol. The summed E-state index contributed by atoms with van der Waals surface area (Å²) in [5, 5.41) is 6.89. The van der Waals surface area contributed by atoms with Crippen molar-refractivity contribution in [2.24, 2.45) is 0 Å². The van der Waals surface area contributed by atoms with Gasteiger partial charge in [-0.25, -0.2) is 4.79 Å². The highest BCUT2D eigenvalue weighted by Crippen LogP contribution is 2.45. The van der Waals surface area contributed by atoms with Crippen molar-refractivity contribution >= 4 is 18.3 Å². The summed E-state index contributed by atoms with van der Waals surface area (Å²) in [6.45, 7) is 5.15. The maximum Gasteiger partial charge on any atom is 0.345 e. The van der Waals surface area contributed by atoms with Crippen molar-refractivity contribution in [1.82, 2.24) is 19.8 Å². The number of carbonyl (C=O) groups excluding carboxylic acids is 2. The number of nitrogens with one attached hydrogen (secondary N) is 1. The van der Waals surface area contributed by atoms with Gasteiger partial charge in [0.1, 0.15) is 0 Å². The molecule has 0 saturated carbocycles. The molecule has 10 nitrogen and oxygen atoms in total. The SMILES string of the molecule is Cc1nc(=O)[nH]c(C)c1CCC(=O)N1CC[C@@]23OCCN2C(=O)C[C@@H]13.O=CO. The van der Waals surface area contributed by atoms with Crippen LogP contribution >= 0.6 is 0 Å². The highest BCUT2D eigenvalue weighted by molar-refractivity contribution is 5.84. The van der Waals surface area contributed by atoms with Gasteiger partial charge < -0.3 is 24.6 Å². The number of likely N-dealkylation sites (tertiary alicyclic amines) is 1. The summed E-state index contributed by atoms with van der Waals surface area (Å²) in [4.78, 5) is 54.9. The molecule has 0 radical (unpaired) electrons. The highest BCUT2D eigenvalue weighted by Gasteiger charge is 2.62. The Morgan fingerprint density at radius 2 is 2.11 bits per heavy atom. The Morgan fingerprint density at radius 1 is 1.39 bits per heavy atom. The molecular formula is C18H24N4O6. The zero-order valence-corrected chi connectivity index (χ0v) is 15.9. The third kappa shape index (κ3) is 3.28. The number of aryl methyl sites for hydroxylation is 2. The third-order valence-corrected chi connectivity index (χ3v) is 5.76. The fourth-order valence-electron chi connectivity index (χ4n) is 4.59. The van der Waals surface area contributed by atoms with Crippen LogP contribution in [-0.2, 0) is 25.5 Å². The molecule has 4 rings (SSSR count). The molecule has 1 aromatic rings. The Labute approximate surface area is 161 Å². The van der Waals surface area contributed by atoms with Crippen LogP contribution in [0, 0.1) is 13.8 Å². The monoisotopic (exact) mass is 392 g/mol. The van der Waals surface area contributed by atoms with Crippen molar-refractivity contribution in [3.63, 3.8) is 0 Å². The molecule has 28 heavy (non-hydrogen) atoms. The number of hydrogen-bond donors (Lipinski definition) is 2. The number of rotatable bonds is 3. The van der Waals surface area contributed by atoms with Crippen molar-refractivity contribution in [3.8, 4) is 0 Å². The highest BCUT2D eigenvalue weighted by atomic mass is 16.5. The molecule has 1 aromatic heterocycles. The van der Waals surface area contributed by atoms with Crippen LogP contribution in [0.25, 0.3) is 0 Å². The molecule has 3 saturated heterocycles. The Hall–Kier alpha value is -2.75. The van der Waals surface area contributed by atoms with Crippen LogP contribution in [0.1, 0.15) is 36.2 Å². The quantitative estimate of drug-likeness (QED) is 0.668. The molecule has 0 aliphatic carbocycles. The van der Waals surface area contributed by atoms with Crippen LogP contribution in [-0.4, -0.2) is 74.6 Å². The van der Waals surface area contributed by atoms with Crippen molar-refractivity contribution in [2.45, 2.75) is 51.3 Å². The van der Waals surface area contributed by atoms with Crippen LogP contribution < -0.4 is 5.69 Å². The topological polar surface area (TPSA) is 133 Å². The van der Waals surface area contributed by atoms with E-state index >= 15 is 0 Å². The van der Waals surface area contributed by atoms with E-state index in [1.54, 1.807) is 6.92 Å². The number of aromatic amines is 1. The van der Waals surface area contributed by atoms with Gasteiger partial charge in [0.15, 0.2) is 5.72 Å². The summed E-state index contributed by atoms with van der Waals surface area (Å²) >= 11 is 0. The fraction of sp³-hybridized carbons (Fsp3) is 0.611. The number of nitrogens with zero attached hydrogens (tertiary/aromatic N) is 3. The first-order valence-corrected chi connectivity index (χ1v) is 9.22. The summed E-state index contributed by atoms with van der Waals surface area (Å²) in [6, 6.07) is -0.175. The first-order chi connectivity index (χ1) is 13.3. The lowest BCUT2D eigenvalue weighted by Gasteiger charge is -2.31. The zero-order valence-electron chi connectivity index (χ0n) is 15.9. The van der Waals surface area contributed by atoms with Crippen LogP contribution in [0.5, 0.6) is 0 Å². The summed E-state index contributed by atoms with van der Waals surface area (Å²) in [6.07, 6.45) is 1.89. The Bertz CT molecular complexity index is 827. The molecule has 0 unspecified atom stereocenters. The van der Waals surface area contributed by atoms with Crippen LogP contribution in [0.4, 0.5) is 0 Å². The smallest absolute Gasteiger partial charge is 0.345 e. The van der Waals surface area contributed by atoms with E-state index in [2.05, 4.69) is 9.97 Å². The van der Waals surface area contributed by atoms with Crippen molar-refractivity contribution in [1.29, 1.82) is 0 Å². The zero-order chi connectivity index (χ0) is 20.5. The maximum absolute atomic E-state index is 12.8. The van der Waals surface area contributed by atoms with Gasteiger partial charge in [0.2, 0.25) is 11.8 Å². The normalized spacial score (nSPS) is 25.2. The van der Waals surface area contributed by atoms with E-state index < -0.39 is 5.72 Å². The van der Waals surface area contributed by atoms with E-state index in [1.807, 2.05) is 16.7 Å². The van der Waals surface area contributed by atoms with Gasteiger partial charge in [0.05, 0.1) is 19.1 Å². The van der Waals surface area contributed by atoms with E-state index in [1.165, 1.54) is 0 Å². The van der Waals surface area contributed by atoms with E-state index in [4.69, 9.17) is 14.6 Å². The number of aromatic nitrogens is 2.